The van der Waals surface area contributed by atoms with E-state index in [9.17, 15) is 0 Å². The second-order valence-corrected chi connectivity index (χ2v) is 5.78. The number of aromatic nitrogens is 3. The second kappa shape index (κ2) is 6.84. The number of anilines is 2. The van der Waals surface area contributed by atoms with Crippen LogP contribution in [0.1, 0.15) is 0 Å². The maximum absolute atomic E-state index is 6.33. The minimum atomic E-state index is 0.305. The molecule has 0 spiro atoms. The van der Waals surface area contributed by atoms with Crippen molar-refractivity contribution in [2.45, 2.75) is 0 Å². The Morgan fingerprint density at radius 2 is 1.62 bits per heavy atom. The Morgan fingerprint density at radius 1 is 0.958 bits per heavy atom. The van der Waals surface area contributed by atoms with Crippen LogP contribution in [-0.4, -0.2) is 29.2 Å². The Labute approximate surface area is 152 Å². The molecule has 24 heavy (non-hydrogen) atoms. The van der Waals surface area contributed by atoms with E-state index >= 15 is 0 Å². The average molecular weight is 386 g/mol. The Morgan fingerprint density at radius 3 is 2.25 bits per heavy atom. The molecule has 0 saturated carbocycles. The quantitative estimate of drug-likeness (QED) is 0.654. The summed E-state index contributed by atoms with van der Waals surface area (Å²) in [6.07, 6.45) is 1.50. The van der Waals surface area contributed by atoms with Crippen molar-refractivity contribution in [2.75, 3.05) is 19.5 Å². The molecule has 6 nitrogen and oxygen atoms in total. The minimum Gasteiger partial charge on any atom is -0.495 e. The van der Waals surface area contributed by atoms with Gasteiger partial charge in [-0.3, -0.25) is 0 Å². The van der Waals surface area contributed by atoms with Crippen LogP contribution < -0.4 is 14.8 Å². The predicted octanol–water partition coefficient (Wildman–Crippen LogP) is 4.75. The van der Waals surface area contributed by atoms with Crippen molar-refractivity contribution in [1.82, 2.24) is 15.0 Å². The number of halogens is 3. The first-order valence-corrected chi connectivity index (χ1v) is 7.83. The highest BCUT2D eigenvalue weighted by molar-refractivity contribution is 6.41. The van der Waals surface area contributed by atoms with Gasteiger partial charge >= 0.3 is 0 Å². The van der Waals surface area contributed by atoms with Crippen molar-refractivity contribution in [3.05, 3.63) is 39.6 Å². The third-order valence-electron chi connectivity index (χ3n) is 3.20. The molecule has 0 amide bonds. The van der Waals surface area contributed by atoms with Gasteiger partial charge in [-0.2, -0.15) is 0 Å². The minimum absolute atomic E-state index is 0.305. The van der Waals surface area contributed by atoms with E-state index in [-0.39, 0.29) is 0 Å². The highest BCUT2D eigenvalue weighted by Crippen LogP contribution is 2.45. The van der Waals surface area contributed by atoms with E-state index in [1.54, 1.807) is 18.2 Å². The number of fused-ring (bicyclic) bond motifs is 1. The fraction of sp³-hybridized carbons (Fsp3) is 0.133. The first kappa shape index (κ1) is 16.8. The van der Waals surface area contributed by atoms with Crippen LogP contribution in [0.3, 0.4) is 0 Å². The summed E-state index contributed by atoms with van der Waals surface area (Å²) in [5.41, 5.74) is 1.42. The molecule has 0 aliphatic heterocycles. The highest BCUT2D eigenvalue weighted by atomic mass is 35.5. The summed E-state index contributed by atoms with van der Waals surface area (Å²) in [6.45, 7) is 0. The summed E-state index contributed by atoms with van der Waals surface area (Å²) >= 11 is 18.5. The molecule has 0 aliphatic carbocycles. The van der Waals surface area contributed by atoms with Gasteiger partial charge in [0.1, 0.15) is 38.0 Å². The second-order valence-electron chi connectivity index (χ2n) is 4.64. The molecule has 0 aliphatic rings. The van der Waals surface area contributed by atoms with Gasteiger partial charge in [-0.25, -0.2) is 15.0 Å². The normalized spacial score (nSPS) is 10.7. The first-order valence-electron chi connectivity index (χ1n) is 6.69. The lowest BCUT2D eigenvalue weighted by Gasteiger charge is -2.15. The Hall–Kier alpha value is -2.02. The van der Waals surface area contributed by atoms with Crippen molar-refractivity contribution in [2.24, 2.45) is 0 Å². The van der Waals surface area contributed by atoms with Gasteiger partial charge in [0.15, 0.2) is 5.65 Å². The van der Waals surface area contributed by atoms with Gasteiger partial charge in [-0.05, 0) is 12.1 Å². The SMILES string of the molecule is COc1cc(OC)c(Cl)c(Nc2cnc3nc(Cl)ccc3n2)c1Cl. The molecule has 3 rings (SSSR count). The van der Waals surface area contributed by atoms with Gasteiger partial charge < -0.3 is 14.8 Å². The first-order chi connectivity index (χ1) is 11.5. The zero-order valence-electron chi connectivity index (χ0n) is 12.6. The topological polar surface area (TPSA) is 69.2 Å². The van der Waals surface area contributed by atoms with Gasteiger partial charge in [-0.15, -0.1) is 0 Å². The smallest absolute Gasteiger partial charge is 0.179 e. The van der Waals surface area contributed by atoms with Gasteiger partial charge in [0, 0.05) is 6.07 Å². The van der Waals surface area contributed by atoms with Crippen LogP contribution >= 0.6 is 34.8 Å². The van der Waals surface area contributed by atoms with Crippen molar-refractivity contribution in [1.29, 1.82) is 0 Å². The predicted molar refractivity (Wildman–Crippen MR) is 95.2 cm³/mol. The lowest BCUT2D eigenvalue weighted by Crippen LogP contribution is -2.00. The molecule has 124 valence electrons. The Kier molecular flexibility index (Phi) is 4.80. The van der Waals surface area contributed by atoms with E-state index in [1.165, 1.54) is 20.4 Å². The molecular weight excluding hydrogens is 375 g/mol. The molecule has 3 aromatic rings. The van der Waals surface area contributed by atoms with Crippen LogP contribution in [0.5, 0.6) is 11.5 Å². The molecule has 1 aromatic carbocycles. The van der Waals surface area contributed by atoms with E-state index in [2.05, 4.69) is 20.3 Å². The van der Waals surface area contributed by atoms with Gasteiger partial charge in [-0.1, -0.05) is 34.8 Å². The lowest BCUT2D eigenvalue weighted by molar-refractivity contribution is 0.395. The third-order valence-corrected chi connectivity index (χ3v) is 4.16. The maximum atomic E-state index is 6.33. The van der Waals surface area contributed by atoms with Crippen molar-refractivity contribution >= 4 is 57.5 Å². The molecule has 0 radical (unpaired) electrons. The van der Waals surface area contributed by atoms with Gasteiger partial charge in [0.2, 0.25) is 0 Å². The fourth-order valence-corrected chi connectivity index (χ4v) is 2.80. The number of ether oxygens (including phenoxy) is 2. The zero-order valence-corrected chi connectivity index (χ0v) is 14.9. The van der Waals surface area contributed by atoms with E-state index in [1.807, 2.05) is 0 Å². The molecular formula is C15H11Cl3N4O2. The molecule has 0 unspecified atom stereocenters. The summed E-state index contributed by atoms with van der Waals surface area (Å²) in [7, 11) is 3.01. The number of nitrogens with zero attached hydrogens (tertiary/aromatic N) is 3. The van der Waals surface area contributed by atoms with Crippen LogP contribution in [0.25, 0.3) is 11.2 Å². The summed E-state index contributed by atoms with van der Waals surface area (Å²) in [4.78, 5) is 12.7. The van der Waals surface area contributed by atoms with Crippen LogP contribution in [-0.2, 0) is 0 Å². The van der Waals surface area contributed by atoms with Crippen LogP contribution in [0.4, 0.5) is 11.5 Å². The van der Waals surface area contributed by atoms with Crippen molar-refractivity contribution < 1.29 is 9.47 Å². The molecule has 9 heteroatoms. The number of pyridine rings is 1. The number of methoxy groups -OCH3 is 2. The van der Waals surface area contributed by atoms with Gasteiger partial charge in [0.25, 0.3) is 0 Å². The largest absolute Gasteiger partial charge is 0.495 e. The van der Waals surface area contributed by atoms with E-state index in [0.29, 0.717) is 49.4 Å². The van der Waals surface area contributed by atoms with E-state index in [0.717, 1.165) is 0 Å². The molecule has 1 N–H and O–H groups in total. The molecule has 0 bridgehead atoms. The zero-order chi connectivity index (χ0) is 17.3. The lowest BCUT2D eigenvalue weighted by atomic mass is 10.2. The fourth-order valence-electron chi connectivity index (χ4n) is 2.06. The Balaban J connectivity index is 2.06. The molecule has 0 saturated heterocycles. The molecule has 0 fully saturated rings. The third kappa shape index (κ3) is 3.13. The average Bonchev–Trinajstić information content (AvgIpc) is 2.59. The van der Waals surface area contributed by atoms with E-state index in [4.69, 9.17) is 44.3 Å². The molecule has 0 atom stereocenters. The summed E-state index contributed by atoms with van der Waals surface area (Å²) in [6, 6.07) is 4.96. The summed E-state index contributed by atoms with van der Waals surface area (Å²) in [5, 5.41) is 4.00. The molecule has 2 aromatic heterocycles. The number of benzene rings is 1. The summed E-state index contributed by atoms with van der Waals surface area (Å²) < 4.78 is 10.5. The molecule has 2 heterocycles. The van der Waals surface area contributed by atoms with Crippen LogP contribution in [0, 0.1) is 0 Å². The van der Waals surface area contributed by atoms with E-state index < -0.39 is 0 Å². The van der Waals surface area contributed by atoms with Crippen LogP contribution in [0.15, 0.2) is 24.4 Å². The monoisotopic (exact) mass is 384 g/mol. The van der Waals surface area contributed by atoms with Crippen molar-refractivity contribution in [3.63, 3.8) is 0 Å². The standard InChI is InChI=1S/C15H11Cl3N4O2/c1-23-8-5-9(24-2)13(18)14(12(8)17)22-11-6-19-15-7(20-11)3-4-10(16)21-15/h3-6H,1-2H3,(H,20,22). The number of hydrogen-bond donors (Lipinski definition) is 1. The highest BCUT2D eigenvalue weighted by Gasteiger charge is 2.18. The van der Waals surface area contributed by atoms with Crippen molar-refractivity contribution in [3.8, 4) is 11.5 Å². The maximum Gasteiger partial charge on any atom is 0.179 e. The van der Waals surface area contributed by atoms with Gasteiger partial charge in [0.05, 0.1) is 26.1 Å². The number of hydrogen-bond acceptors (Lipinski definition) is 6. The van der Waals surface area contributed by atoms with Crippen LogP contribution in [0.2, 0.25) is 15.2 Å². The number of nitrogens with one attached hydrogen (secondary N) is 1. The number of rotatable bonds is 4. The summed E-state index contributed by atoms with van der Waals surface area (Å²) in [5.74, 6) is 1.27. The Bertz CT molecular complexity index is 893.